The van der Waals surface area contributed by atoms with Gasteiger partial charge < -0.3 is 4.74 Å². The summed E-state index contributed by atoms with van der Waals surface area (Å²) >= 11 is 0. The van der Waals surface area contributed by atoms with Crippen molar-refractivity contribution in [3.05, 3.63) is 64.7 Å². The van der Waals surface area contributed by atoms with Crippen LogP contribution in [0.15, 0.2) is 42.5 Å². The van der Waals surface area contributed by atoms with E-state index in [1.165, 1.54) is 17.2 Å². The first kappa shape index (κ1) is 18.8. The van der Waals surface area contributed by atoms with E-state index < -0.39 is 6.36 Å². The minimum absolute atomic E-state index is 0.109. The molecule has 0 saturated heterocycles. The molecule has 1 unspecified atom stereocenters. The van der Waals surface area contributed by atoms with Crippen molar-refractivity contribution >= 4 is 0 Å². The van der Waals surface area contributed by atoms with E-state index in [9.17, 15) is 13.2 Å². The molecule has 1 aliphatic carbocycles. The van der Waals surface area contributed by atoms with E-state index in [1.54, 1.807) is 12.1 Å². The van der Waals surface area contributed by atoms with Crippen molar-refractivity contribution in [2.24, 2.45) is 5.92 Å². The molecular formula is C22H25F3O. The zero-order valence-corrected chi connectivity index (χ0v) is 15.1. The summed E-state index contributed by atoms with van der Waals surface area (Å²) in [4.78, 5) is 0. The fraction of sp³-hybridized carbons (Fsp3) is 0.455. The molecule has 0 aliphatic heterocycles. The summed E-state index contributed by atoms with van der Waals surface area (Å²) in [7, 11) is 0. The topological polar surface area (TPSA) is 9.23 Å². The molecule has 1 aliphatic rings. The molecule has 0 saturated carbocycles. The van der Waals surface area contributed by atoms with Gasteiger partial charge in [-0.05, 0) is 78.8 Å². The van der Waals surface area contributed by atoms with Gasteiger partial charge in [-0.25, -0.2) is 0 Å². The summed E-state index contributed by atoms with van der Waals surface area (Å²) in [6, 6.07) is 13.7. The first-order valence-electron chi connectivity index (χ1n) is 9.38. The van der Waals surface area contributed by atoms with E-state index in [0.717, 1.165) is 56.1 Å². The molecule has 2 aromatic rings. The maximum Gasteiger partial charge on any atom is 0.573 e. The molecule has 1 atom stereocenters. The van der Waals surface area contributed by atoms with E-state index in [1.807, 2.05) is 0 Å². The van der Waals surface area contributed by atoms with Crippen LogP contribution in [0.5, 0.6) is 5.75 Å². The van der Waals surface area contributed by atoms with Gasteiger partial charge in [-0.15, -0.1) is 13.2 Å². The normalized spacial score (nSPS) is 17.0. The Hall–Kier alpha value is -1.97. The van der Waals surface area contributed by atoms with Gasteiger partial charge >= 0.3 is 6.36 Å². The van der Waals surface area contributed by atoms with Crippen LogP contribution in [0.4, 0.5) is 13.2 Å². The number of benzene rings is 2. The molecule has 0 N–H and O–H groups in total. The second-order valence-corrected chi connectivity index (χ2v) is 7.19. The Kier molecular flexibility index (Phi) is 5.90. The molecule has 140 valence electrons. The maximum atomic E-state index is 12.3. The Morgan fingerprint density at radius 2 is 1.65 bits per heavy atom. The Morgan fingerprint density at radius 1 is 0.962 bits per heavy atom. The fourth-order valence-corrected chi connectivity index (χ4v) is 3.78. The molecular weight excluding hydrogens is 337 g/mol. The Morgan fingerprint density at radius 3 is 2.31 bits per heavy atom. The van der Waals surface area contributed by atoms with Crippen molar-refractivity contribution in [1.82, 2.24) is 0 Å². The third-order valence-corrected chi connectivity index (χ3v) is 5.14. The van der Waals surface area contributed by atoms with Crippen LogP contribution in [0.1, 0.15) is 48.4 Å². The Bertz CT molecular complexity index is 719. The molecule has 3 rings (SSSR count). The summed E-state index contributed by atoms with van der Waals surface area (Å²) in [6.45, 7) is 2.19. The van der Waals surface area contributed by atoms with Gasteiger partial charge in [0.2, 0.25) is 0 Å². The number of hydrogen-bond donors (Lipinski definition) is 0. The summed E-state index contributed by atoms with van der Waals surface area (Å²) in [6.07, 6.45) is 2.62. The fourth-order valence-electron chi connectivity index (χ4n) is 3.78. The monoisotopic (exact) mass is 362 g/mol. The van der Waals surface area contributed by atoms with Gasteiger partial charge in [-0.3, -0.25) is 0 Å². The maximum absolute atomic E-state index is 12.3. The second kappa shape index (κ2) is 8.15. The SMILES string of the molecule is CCCc1ccc(CCC2CCc3cc(OC(F)(F)F)ccc3C2)cc1. The van der Waals surface area contributed by atoms with Crippen molar-refractivity contribution < 1.29 is 17.9 Å². The zero-order chi connectivity index (χ0) is 18.6. The molecule has 0 aromatic heterocycles. The third kappa shape index (κ3) is 5.26. The van der Waals surface area contributed by atoms with Crippen LogP contribution in [0.2, 0.25) is 0 Å². The molecule has 0 spiro atoms. The second-order valence-electron chi connectivity index (χ2n) is 7.19. The van der Waals surface area contributed by atoms with E-state index >= 15 is 0 Å². The van der Waals surface area contributed by atoms with Crippen molar-refractivity contribution in [1.29, 1.82) is 0 Å². The molecule has 4 heteroatoms. The molecule has 0 heterocycles. The summed E-state index contributed by atoms with van der Waals surface area (Å²) < 4.78 is 41.1. The van der Waals surface area contributed by atoms with Crippen molar-refractivity contribution in [3.8, 4) is 5.75 Å². The molecule has 0 fully saturated rings. The van der Waals surface area contributed by atoms with Crippen LogP contribution in [0.3, 0.4) is 0 Å². The number of ether oxygens (including phenoxy) is 1. The molecule has 2 aromatic carbocycles. The largest absolute Gasteiger partial charge is 0.573 e. The summed E-state index contributed by atoms with van der Waals surface area (Å²) in [5.74, 6) is 0.481. The lowest BCUT2D eigenvalue weighted by atomic mass is 9.81. The quantitative estimate of drug-likeness (QED) is 0.588. The molecule has 0 radical (unpaired) electrons. The van der Waals surface area contributed by atoms with Crippen LogP contribution in [-0.4, -0.2) is 6.36 Å². The Labute approximate surface area is 153 Å². The average molecular weight is 362 g/mol. The van der Waals surface area contributed by atoms with E-state index in [0.29, 0.717) is 5.92 Å². The Balaban J connectivity index is 1.55. The first-order chi connectivity index (χ1) is 12.4. The highest BCUT2D eigenvalue weighted by Gasteiger charge is 2.31. The average Bonchev–Trinajstić information content (AvgIpc) is 2.60. The van der Waals surface area contributed by atoms with E-state index in [2.05, 4.69) is 35.9 Å². The lowest BCUT2D eigenvalue weighted by molar-refractivity contribution is -0.274. The number of fused-ring (bicyclic) bond motifs is 1. The molecule has 0 bridgehead atoms. The van der Waals surface area contributed by atoms with Crippen molar-refractivity contribution in [2.45, 2.75) is 58.2 Å². The molecule has 26 heavy (non-hydrogen) atoms. The molecule has 0 amide bonds. The third-order valence-electron chi connectivity index (χ3n) is 5.14. The first-order valence-corrected chi connectivity index (χ1v) is 9.38. The predicted octanol–water partition coefficient (Wildman–Crippen LogP) is 6.28. The van der Waals surface area contributed by atoms with E-state index in [4.69, 9.17) is 0 Å². The number of rotatable bonds is 6. The van der Waals surface area contributed by atoms with Crippen LogP contribution in [-0.2, 0) is 25.7 Å². The zero-order valence-electron chi connectivity index (χ0n) is 15.1. The highest BCUT2D eigenvalue weighted by Crippen LogP contribution is 2.32. The van der Waals surface area contributed by atoms with Crippen LogP contribution in [0.25, 0.3) is 0 Å². The molecule has 1 nitrogen and oxygen atoms in total. The highest BCUT2D eigenvalue weighted by molar-refractivity contribution is 5.37. The standard InChI is InChI=1S/C22H25F3O/c1-2-3-16-4-6-17(7-5-16)8-9-18-10-11-20-15-21(26-22(23,24)25)13-12-19(20)14-18/h4-7,12-13,15,18H,2-3,8-11,14H2,1H3. The van der Waals surface area contributed by atoms with E-state index in [-0.39, 0.29) is 5.75 Å². The lowest BCUT2D eigenvalue weighted by Gasteiger charge is -2.25. The van der Waals surface area contributed by atoms with Crippen LogP contribution >= 0.6 is 0 Å². The van der Waals surface area contributed by atoms with Crippen LogP contribution < -0.4 is 4.74 Å². The van der Waals surface area contributed by atoms with Crippen LogP contribution in [0, 0.1) is 5.92 Å². The van der Waals surface area contributed by atoms with Crippen molar-refractivity contribution in [2.75, 3.05) is 0 Å². The van der Waals surface area contributed by atoms with Gasteiger partial charge in [0.05, 0.1) is 0 Å². The number of alkyl halides is 3. The summed E-state index contributed by atoms with van der Waals surface area (Å²) in [5.41, 5.74) is 4.91. The smallest absolute Gasteiger partial charge is 0.406 e. The number of hydrogen-bond acceptors (Lipinski definition) is 1. The van der Waals surface area contributed by atoms with Gasteiger partial charge in [-0.1, -0.05) is 43.7 Å². The lowest BCUT2D eigenvalue weighted by Crippen LogP contribution is -2.18. The minimum atomic E-state index is -4.63. The predicted molar refractivity (Wildman–Crippen MR) is 97.4 cm³/mol. The van der Waals surface area contributed by atoms with Crippen molar-refractivity contribution in [3.63, 3.8) is 0 Å². The van der Waals surface area contributed by atoms with Gasteiger partial charge in [0.25, 0.3) is 0 Å². The number of aryl methyl sites for hydroxylation is 3. The highest BCUT2D eigenvalue weighted by atomic mass is 19.4. The van der Waals surface area contributed by atoms with Gasteiger partial charge in [0.1, 0.15) is 5.75 Å². The van der Waals surface area contributed by atoms with Gasteiger partial charge in [-0.2, -0.15) is 0 Å². The minimum Gasteiger partial charge on any atom is -0.406 e. The summed E-state index contributed by atoms with van der Waals surface area (Å²) in [5, 5.41) is 0. The number of halogens is 3. The van der Waals surface area contributed by atoms with Gasteiger partial charge in [0.15, 0.2) is 0 Å². The van der Waals surface area contributed by atoms with Gasteiger partial charge in [0, 0.05) is 0 Å².